The lowest BCUT2D eigenvalue weighted by molar-refractivity contribution is -0.117. The molecule has 4 rings (SSSR count). The van der Waals surface area contributed by atoms with Gasteiger partial charge in [0.15, 0.2) is 0 Å². The van der Waals surface area contributed by atoms with E-state index in [4.69, 9.17) is 4.74 Å². The first-order valence-electron chi connectivity index (χ1n) is 8.60. The molecule has 1 aliphatic heterocycles. The van der Waals surface area contributed by atoms with Crippen molar-refractivity contribution < 1.29 is 9.53 Å². The van der Waals surface area contributed by atoms with E-state index in [1.54, 1.807) is 0 Å². The van der Waals surface area contributed by atoms with Crippen LogP contribution < -0.4 is 10.2 Å². The Labute approximate surface area is 142 Å². The summed E-state index contributed by atoms with van der Waals surface area (Å²) in [5.41, 5.74) is 3.29. The summed E-state index contributed by atoms with van der Waals surface area (Å²) < 4.78 is 5.40. The van der Waals surface area contributed by atoms with Gasteiger partial charge in [-0.25, -0.2) is 0 Å². The minimum Gasteiger partial charge on any atom is -0.378 e. The molecule has 4 nitrogen and oxygen atoms in total. The number of amides is 1. The third-order valence-electron chi connectivity index (χ3n) is 4.84. The second-order valence-electron chi connectivity index (χ2n) is 6.50. The Balaban J connectivity index is 1.40. The summed E-state index contributed by atoms with van der Waals surface area (Å²) in [6.45, 7) is 3.32. The van der Waals surface area contributed by atoms with Gasteiger partial charge >= 0.3 is 0 Å². The summed E-state index contributed by atoms with van der Waals surface area (Å²) in [6.07, 6.45) is 0.943. The maximum atomic E-state index is 12.5. The van der Waals surface area contributed by atoms with Crippen molar-refractivity contribution in [3.05, 3.63) is 60.2 Å². The van der Waals surface area contributed by atoms with Crippen molar-refractivity contribution in [3.8, 4) is 0 Å². The number of morpholine rings is 1. The first kappa shape index (κ1) is 15.2. The number of anilines is 2. The van der Waals surface area contributed by atoms with E-state index >= 15 is 0 Å². The predicted molar refractivity (Wildman–Crippen MR) is 95.4 cm³/mol. The Morgan fingerprint density at radius 3 is 2.62 bits per heavy atom. The fourth-order valence-corrected chi connectivity index (χ4v) is 3.39. The summed E-state index contributed by atoms with van der Waals surface area (Å²) >= 11 is 0. The molecule has 1 N–H and O–H groups in total. The maximum absolute atomic E-state index is 12.5. The molecule has 0 spiro atoms. The van der Waals surface area contributed by atoms with E-state index < -0.39 is 0 Å². The van der Waals surface area contributed by atoms with Crippen LogP contribution in [0.5, 0.6) is 0 Å². The lowest BCUT2D eigenvalue weighted by Gasteiger charge is -2.29. The molecular weight excluding hydrogens is 300 g/mol. The van der Waals surface area contributed by atoms with Crippen LogP contribution in [0.15, 0.2) is 54.6 Å². The molecular formula is C20H22N2O2. The molecule has 2 atom stereocenters. The van der Waals surface area contributed by atoms with Gasteiger partial charge in [0.25, 0.3) is 0 Å². The van der Waals surface area contributed by atoms with Gasteiger partial charge in [-0.2, -0.15) is 0 Å². The van der Waals surface area contributed by atoms with Gasteiger partial charge in [-0.15, -0.1) is 0 Å². The van der Waals surface area contributed by atoms with Crippen molar-refractivity contribution >= 4 is 17.3 Å². The van der Waals surface area contributed by atoms with Crippen LogP contribution in [0.1, 0.15) is 17.9 Å². The topological polar surface area (TPSA) is 41.6 Å². The van der Waals surface area contributed by atoms with Gasteiger partial charge in [0, 0.05) is 30.4 Å². The molecule has 1 aliphatic carbocycles. The number of carbonyl (C=O) groups is 1. The second-order valence-corrected chi connectivity index (χ2v) is 6.50. The van der Waals surface area contributed by atoms with E-state index in [0.717, 1.165) is 44.1 Å². The molecule has 24 heavy (non-hydrogen) atoms. The molecule has 2 unspecified atom stereocenters. The Bertz CT molecular complexity index is 711. The Kier molecular flexibility index (Phi) is 4.22. The predicted octanol–water partition coefficient (Wildman–Crippen LogP) is 3.27. The summed E-state index contributed by atoms with van der Waals surface area (Å²) in [4.78, 5) is 14.8. The number of carbonyl (C=O) groups excluding carboxylic acids is 1. The van der Waals surface area contributed by atoms with Crippen LogP contribution in [0.25, 0.3) is 0 Å². The first-order valence-corrected chi connectivity index (χ1v) is 8.60. The van der Waals surface area contributed by atoms with Gasteiger partial charge in [-0.1, -0.05) is 36.4 Å². The molecule has 4 heteroatoms. The van der Waals surface area contributed by atoms with Crippen molar-refractivity contribution in [2.45, 2.75) is 12.3 Å². The van der Waals surface area contributed by atoms with Gasteiger partial charge in [-0.05, 0) is 36.1 Å². The van der Waals surface area contributed by atoms with E-state index in [1.807, 2.05) is 30.3 Å². The molecule has 2 aromatic rings. The quantitative estimate of drug-likeness (QED) is 0.939. The number of rotatable bonds is 4. The van der Waals surface area contributed by atoms with Crippen molar-refractivity contribution in [3.63, 3.8) is 0 Å². The van der Waals surface area contributed by atoms with E-state index in [9.17, 15) is 4.79 Å². The fraction of sp³-hybridized carbons (Fsp3) is 0.350. The molecule has 1 amide bonds. The van der Waals surface area contributed by atoms with Crippen LogP contribution >= 0.6 is 0 Å². The number of ether oxygens (including phenoxy) is 1. The van der Waals surface area contributed by atoms with Gasteiger partial charge in [-0.3, -0.25) is 4.79 Å². The fourth-order valence-electron chi connectivity index (χ4n) is 3.39. The average Bonchev–Trinajstić information content (AvgIpc) is 3.44. The lowest BCUT2D eigenvalue weighted by Crippen LogP contribution is -2.36. The number of hydrogen-bond donors (Lipinski definition) is 1. The number of hydrogen-bond acceptors (Lipinski definition) is 3. The van der Waals surface area contributed by atoms with Crippen LogP contribution in [0.4, 0.5) is 11.4 Å². The minimum atomic E-state index is 0.0967. The molecule has 124 valence electrons. The molecule has 1 saturated heterocycles. The van der Waals surface area contributed by atoms with Crippen LogP contribution in [-0.2, 0) is 9.53 Å². The van der Waals surface area contributed by atoms with E-state index in [2.05, 4.69) is 34.5 Å². The van der Waals surface area contributed by atoms with E-state index in [1.165, 1.54) is 5.56 Å². The smallest absolute Gasteiger partial charge is 0.228 e. The van der Waals surface area contributed by atoms with Crippen molar-refractivity contribution in [2.24, 2.45) is 5.92 Å². The van der Waals surface area contributed by atoms with Gasteiger partial charge < -0.3 is 15.0 Å². The van der Waals surface area contributed by atoms with Crippen LogP contribution in [-0.4, -0.2) is 32.2 Å². The molecule has 2 aromatic carbocycles. The maximum Gasteiger partial charge on any atom is 0.228 e. The SMILES string of the molecule is O=C(Nc1cccc(N2CCOCC2)c1)C1CC1c1ccccc1. The Hall–Kier alpha value is -2.33. The molecule has 0 aromatic heterocycles. The minimum absolute atomic E-state index is 0.0967. The molecule has 2 fully saturated rings. The first-order chi connectivity index (χ1) is 11.8. The largest absolute Gasteiger partial charge is 0.378 e. The van der Waals surface area contributed by atoms with E-state index in [0.29, 0.717) is 5.92 Å². The zero-order valence-corrected chi connectivity index (χ0v) is 13.7. The molecule has 1 heterocycles. The zero-order valence-electron chi connectivity index (χ0n) is 13.7. The zero-order chi connectivity index (χ0) is 16.4. The average molecular weight is 322 g/mol. The summed E-state index contributed by atoms with van der Waals surface area (Å²) in [6, 6.07) is 18.4. The number of nitrogens with zero attached hydrogens (tertiary/aromatic N) is 1. The lowest BCUT2D eigenvalue weighted by atomic mass is 10.1. The van der Waals surface area contributed by atoms with Crippen molar-refractivity contribution in [1.29, 1.82) is 0 Å². The van der Waals surface area contributed by atoms with Gasteiger partial charge in [0.05, 0.1) is 13.2 Å². The number of benzene rings is 2. The third-order valence-corrected chi connectivity index (χ3v) is 4.84. The summed E-state index contributed by atoms with van der Waals surface area (Å²) in [7, 11) is 0. The normalized spacial score (nSPS) is 22.9. The molecule has 2 aliphatic rings. The van der Waals surface area contributed by atoms with Gasteiger partial charge in [0.1, 0.15) is 0 Å². The molecule has 0 bridgehead atoms. The Morgan fingerprint density at radius 2 is 1.83 bits per heavy atom. The highest BCUT2D eigenvalue weighted by atomic mass is 16.5. The molecule has 0 radical (unpaired) electrons. The third kappa shape index (κ3) is 3.29. The van der Waals surface area contributed by atoms with E-state index in [-0.39, 0.29) is 11.8 Å². The standard InChI is InChI=1S/C20H22N2O2/c23-20(19-14-18(19)15-5-2-1-3-6-15)21-16-7-4-8-17(13-16)22-9-11-24-12-10-22/h1-8,13,18-19H,9-12,14H2,(H,21,23). The Morgan fingerprint density at radius 1 is 1.04 bits per heavy atom. The highest BCUT2D eigenvalue weighted by Gasteiger charge is 2.43. The van der Waals surface area contributed by atoms with Crippen molar-refractivity contribution in [1.82, 2.24) is 0 Å². The monoisotopic (exact) mass is 322 g/mol. The molecule has 1 saturated carbocycles. The summed E-state index contributed by atoms with van der Waals surface area (Å²) in [5.74, 6) is 0.594. The number of nitrogens with one attached hydrogen (secondary N) is 1. The second kappa shape index (κ2) is 6.65. The van der Waals surface area contributed by atoms with Gasteiger partial charge in [0.2, 0.25) is 5.91 Å². The van der Waals surface area contributed by atoms with Crippen LogP contribution in [0.2, 0.25) is 0 Å². The van der Waals surface area contributed by atoms with Crippen LogP contribution in [0.3, 0.4) is 0 Å². The van der Waals surface area contributed by atoms with Crippen LogP contribution in [0, 0.1) is 5.92 Å². The highest BCUT2D eigenvalue weighted by Crippen LogP contribution is 2.47. The summed E-state index contributed by atoms with van der Waals surface area (Å²) in [5, 5.41) is 3.09. The van der Waals surface area contributed by atoms with Crippen molar-refractivity contribution in [2.75, 3.05) is 36.5 Å². The highest BCUT2D eigenvalue weighted by molar-refractivity contribution is 5.95.